The zero-order valence-corrected chi connectivity index (χ0v) is 13.4. The Labute approximate surface area is 139 Å². The highest BCUT2D eigenvalue weighted by Gasteiger charge is 2.36. The minimum absolute atomic E-state index is 0.0946. The molecule has 1 aromatic carbocycles. The van der Waals surface area contributed by atoms with Crippen LogP contribution in [0.15, 0.2) is 30.3 Å². The minimum Gasteiger partial charge on any atom is -0.381 e. The van der Waals surface area contributed by atoms with Gasteiger partial charge in [0.25, 0.3) is 0 Å². The average molecular weight is 329 g/mol. The molecule has 0 saturated carbocycles. The number of alkyl halides is 1. The Morgan fingerprint density at radius 3 is 2.75 bits per heavy atom. The number of Topliss-reactive ketones (excluding diaryl/α,β-unsaturated/α-hetero) is 1. The van der Waals surface area contributed by atoms with Crippen LogP contribution in [0, 0.1) is 5.92 Å². The summed E-state index contributed by atoms with van der Waals surface area (Å²) in [6, 6.07) is 9.50. The van der Waals surface area contributed by atoms with E-state index in [1.54, 1.807) is 4.68 Å². The molecule has 0 spiro atoms. The average Bonchev–Trinajstić information content (AvgIpc) is 3.18. The summed E-state index contributed by atoms with van der Waals surface area (Å²) in [5.41, 5.74) is 0.993. The molecule has 2 unspecified atom stereocenters. The van der Waals surface area contributed by atoms with E-state index in [1.807, 2.05) is 30.3 Å². The maximum absolute atomic E-state index is 14.3. The monoisotopic (exact) mass is 329 g/mol. The second kappa shape index (κ2) is 6.43. The molecule has 2 aromatic rings. The predicted octanol–water partition coefficient (Wildman–Crippen LogP) is 3.28. The Bertz CT molecular complexity index is 725. The number of rotatable bonds is 4. The molecule has 0 aliphatic carbocycles. The molecule has 0 N–H and O–H groups in total. The van der Waals surface area contributed by atoms with Gasteiger partial charge in [0.1, 0.15) is 0 Å². The first-order valence-corrected chi connectivity index (χ1v) is 8.49. The lowest BCUT2D eigenvalue weighted by Crippen LogP contribution is -2.19. The van der Waals surface area contributed by atoms with Crippen LogP contribution in [0.4, 0.5) is 4.39 Å². The van der Waals surface area contributed by atoms with Gasteiger partial charge in [-0.15, -0.1) is 5.10 Å². The van der Waals surface area contributed by atoms with Crippen LogP contribution in [-0.4, -0.2) is 33.8 Å². The van der Waals surface area contributed by atoms with Crippen LogP contribution < -0.4 is 0 Å². The molecule has 2 atom stereocenters. The lowest BCUT2D eigenvalue weighted by Gasteiger charge is -2.20. The van der Waals surface area contributed by atoms with Gasteiger partial charge in [-0.1, -0.05) is 30.3 Å². The summed E-state index contributed by atoms with van der Waals surface area (Å²) < 4.78 is 21.2. The molecular formula is C18H20FN3O2. The van der Waals surface area contributed by atoms with Gasteiger partial charge in [-0.25, -0.2) is 14.1 Å². The lowest BCUT2D eigenvalue weighted by atomic mass is 9.94. The van der Waals surface area contributed by atoms with Gasteiger partial charge in [0.2, 0.25) is 11.6 Å². The molecule has 6 heteroatoms. The number of carbonyl (C=O) groups is 1. The molecule has 126 valence electrons. The third kappa shape index (κ3) is 2.86. The summed E-state index contributed by atoms with van der Waals surface area (Å²) in [5, 5.41) is 4.35. The third-order valence-electron chi connectivity index (χ3n) is 4.91. The molecule has 4 rings (SSSR count). The number of ether oxygens (including phenoxy) is 1. The molecule has 0 amide bonds. The Hall–Kier alpha value is -2.08. The number of fused-ring (bicyclic) bond motifs is 1. The summed E-state index contributed by atoms with van der Waals surface area (Å²) in [5.74, 6) is 0.650. The van der Waals surface area contributed by atoms with Crippen LogP contribution in [0.25, 0.3) is 0 Å². The van der Waals surface area contributed by atoms with E-state index in [4.69, 9.17) is 4.74 Å². The van der Waals surface area contributed by atoms with Crippen molar-refractivity contribution in [3.05, 3.63) is 47.5 Å². The molecule has 2 aliphatic heterocycles. The maximum atomic E-state index is 14.3. The van der Waals surface area contributed by atoms with E-state index in [1.165, 1.54) is 0 Å². The van der Waals surface area contributed by atoms with Crippen molar-refractivity contribution in [1.82, 2.24) is 14.8 Å². The molecule has 0 bridgehead atoms. The van der Waals surface area contributed by atoms with Crippen LogP contribution in [0.3, 0.4) is 0 Å². The molecule has 24 heavy (non-hydrogen) atoms. The minimum atomic E-state index is -1.17. The summed E-state index contributed by atoms with van der Waals surface area (Å²) in [6.45, 7) is 1.40. The SMILES string of the molecule is O=C(CC1CCOCC1)c1nc2n(n1)C(c1ccccc1)CC2F. The summed E-state index contributed by atoms with van der Waals surface area (Å²) in [6.07, 6.45) is 1.34. The van der Waals surface area contributed by atoms with Gasteiger partial charge in [0.05, 0.1) is 6.04 Å². The number of benzene rings is 1. The van der Waals surface area contributed by atoms with Gasteiger partial charge >= 0.3 is 0 Å². The number of hydrogen-bond donors (Lipinski definition) is 0. The smallest absolute Gasteiger partial charge is 0.217 e. The number of aromatic nitrogens is 3. The fraction of sp³-hybridized carbons (Fsp3) is 0.500. The molecular weight excluding hydrogens is 309 g/mol. The van der Waals surface area contributed by atoms with Crippen LogP contribution in [0.1, 0.15) is 59.9 Å². The fourth-order valence-electron chi connectivity index (χ4n) is 3.55. The number of nitrogens with zero attached hydrogens (tertiary/aromatic N) is 3. The Balaban J connectivity index is 1.55. The second-order valence-corrected chi connectivity index (χ2v) is 6.55. The Morgan fingerprint density at radius 1 is 1.25 bits per heavy atom. The van der Waals surface area contributed by atoms with Crippen molar-refractivity contribution in [2.24, 2.45) is 5.92 Å². The summed E-state index contributed by atoms with van der Waals surface area (Å²) in [4.78, 5) is 16.7. The van der Waals surface area contributed by atoms with Gasteiger partial charge in [-0.05, 0) is 24.3 Å². The summed E-state index contributed by atoms with van der Waals surface area (Å²) >= 11 is 0. The third-order valence-corrected chi connectivity index (χ3v) is 4.91. The van der Waals surface area contributed by atoms with Gasteiger partial charge in [0.15, 0.2) is 12.0 Å². The molecule has 5 nitrogen and oxygen atoms in total. The number of carbonyl (C=O) groups excluding carboxylic acids is 1. The van der Waals surface area contributed by atoms with Gasteiger partial charge in [-0.2, -0.15) is 0 Å². The van der Waals surface area contributed by atoms with Crippen molar-refractivity contribution in [2.75, 3.05) is 13.2 Å². The predicted molar refractivity (Wildman–Crippen MR) is 85.6 cm³/mol. The van der Waals surface area contributed by atoms with Crippen LogP contribution in [0.5, 0.6) is 0 Å². The number of hydrogen-bond acceptors (Lipinski definition) is 4. The molecule has 3 heterocycles. The number of ketones is 1. The van der Waals surface area contributed by atoms with Crippen molar-refractivity contribution in [3.8, 4) is 0 Å². The first-order chi connectivity index (χ1) is 11.7. The van der Waals surface area contributed by atoms with Crippen LogP contribution in [-0.2, 0) is 4.74 Å². The number of halogens is 1. The van der Waals surface area contributed by atoms with E-state index in [9.17, 15) is 9.18 Å². The quantitative estimate of drug-likeness (QED) is 0.808. The highest BCUT2D eigenvalue weighted by molar-refractivity contribution is 5.92. The van der Waals surface area contributed by atoms with Crippen molar-refractivity contribution >= 4 is 5.78 Å². The normalized spacial score (nSPS) is 24.0. The molecule has 1 saturated heterocycles. The maximum Gasteiger partial charge on any atom is 0.217 e. The van der Waals surface area contributed by atoms with E-state index < -0.39 is 6.17 Å². The van der Waals surface area contributed by atoms with E-state index in [0.717, 1.165) is 18.4 Å². The van der Waals surface area contributed by atoms with Gasteiger partial charge in [0, 0.05) is 26.1 Å². The lowest BCUT2D eigenvalue weighted by molar-refractivity contribution is 0.0598. The standard InChI is InChI=1S/C18H20FN3O2/c19-14-11-15(13-4-2-1-3-5-13)22-18(14)20-17(21-22)16(23)10-12-6-8-24-9-7-12/h1-5,12,14-15H,6-11H2. The van der Waals surface area contributed by atoms with Crippen molar-refractivity contribution < 1.29 is 13.9 Å². The molecule has 1 aromatic heterocycles. The van der Waals surface area contributed by atoms with E-state index >= 15 is 0 Å². The van der Waals surface area contributed by atoms with Crippen molar-refractivity contribution in [3.63, 3.8) is 0 Å². The zero-order valence-electron chi connectivity index (χ0n) is 13.4. The summed E-state index contributed by atoms with van der Waals surface area (Å²) in [7, 11) is 0. The Kier molecular flexibility index (Phi) is 4.14. The van der Waals surface area contributed by atoms with E-state index in [-0.39, 0.29) is 23.5 Å². The topological polar surface area (TPSA) is 57.0 Å². The Morgan fingerprint density at radius 2 is 2.00 bits per heavy atom. The molecule has 1 fully saturated rings. The van der Waals surface area contributed by atoms with Crippen LogP contribution >= 0.6 is 0 Å². The van der Waals surface area contributed by atoms with Crippen molar-refractivity contribution in [2.45, 2.75) is 37.9 Å². The van der Waals surface area contributed by atoms with E-state index in [0.29, 0.717) is 32.0 Å². The van der Waals surface area contributed by atoms with Gasteiger partial charge in [-0.3, -0.25) is 4.79 Å². The first-order valence-electron chi connectivity index (χ1n) is 8.49. The first kappa shape index (κ1) is 15.4. The largest absolute Gasteiger partial charge is 0.381 e. The van der Waals surface area contributed by atoms with Gasteiger partial charge < -0.3 is 4.74 Å². The zero-order chi connectivity index (χ0) is 16.5. The highest BCUT2D eigenvalue weighted by atomic mass is 19.1. The fourth-order valence-corrected chi connectivity index (χ4v) is 3.55. The second-order valence-electron chi connectivity index (χ2n) is 6.55. The molecule has 0 radical (unpaired) electrons. The highest BCUT2D eigenvalue weighted by Crippen LogP contribution is 2.39. The van der Waals surface area contributed by atoms with E-state index in [2.05, 4.69) is 10.1 Å². The van der Waals surface area contributed by atoms with Crippen LogP contribution in [0.2, 0.25) is 0 Å². The van der Waals surface area contributed by atoms with Crippen molar-refractivity contribution in [1.29, 1.82) is 0 Å². The molecule has 2 aliphatic rings.